The molecule has 6 aliphatic rings. The van der Waals surface area contributed by atoms with Gasteiger partial charge in [-0.3, -0.25) is 39.3 Å². The number of anilines is 1. The SMILES string of the molecule is CCc1cccc2cc(O)cc(-c3ncc4c(N5CC6CCC(C5)N6)nc(OCCN5CCC(CN6CCC(Oc7cccc8c7C(=O)N(C7CCC(=O)NC7=O)C8=O)CC6)CC5)nc4c3F)c12. The van der Waals surface area contributed by atoms with Crippen LogP contribution < -0.4 is 25.0 Å². The second kappa shape index (κ2) is 18.3. The summed E-state index contributed by atoms with van der Waals surface area (Å²) in [7, 11) is 0. The highest BCUT2D eigenvalue weighted by molar-refractivity contribution is 6.24. The van der Waals surface area contributed by atoms with Gasteiger partial charge in [0.15, 0.2) is 5.82 Å². The monoisotopic (exact) mass is 925 g/mol. The van der Waals surface area contributed by atoms with Crippen LogP contribution in [0.2, 0.25) is 0 Å². The molecule has 3 unspecified atom stereocenters. The molecule has 2 aromatic heterocycles. The molecule has 11 rings (SSSR count). The molecule has 3 atom stereocenters. The van der Waals surface area contributed by atoms with Gasteiger partial charge in [-0.15, -0.1) is 0 Å². The zero-order valence-electron chi connectivity index (χ0n) is 38.2. The number of carbonyl (C=O) groups excluding carboxylic acids is 4. The van der Waals surface area contributed by atoms with Crippen molar-refractivity contribution in [2.75, 3.05) is 63.9 Å². The van der Waals surface area contributed by atoms with E-state index < -0.39 is 35.5 Å². The number of amides is 4. The van der Waals surface area contributed by atoms with Gasteiger partial charge in [-0.25, -0.2) is 4.39 Å². The number of nitrogens with one attached hydrogen (secondary N) is 2. The number of halogens is 1. The Kier molecular flexibility index (Phi) is 11.9. The Bertz CT molecular complexity index is 2820. The van der Waals surface area contributed by atoms with Crippen molar-refractivity contribution in [2.24, 2.45) is 5.92 Å². The summed E-state index contributed by atoms with van der Waals surface area (Å²) in [6, 6.07) is 13.9. The molecule has 4 amide bonds. The number of benzene rings is 3. The van der Waals surface area contributed by atoms with Crippen molar-refractivity contribution in [3.63, 3.8) is 0 Å². The number of aromatic nitrogens is 3. The van der Waals surface area contributed by atoms with E-state index >= 15 is 4.39 Å². The molecule has 5 fully saturated rings. The van der Waals surface area contributed by atoms with E-state index in [1.54, 1.807) is 36.5 Å². The number of piperazine rings is 1. The van der Waals surface area contributed by atoms with Crippen LogP contribution in [0, 0.1) is 11.7 Å². The van der Waals surface area contributed by atoms with Crippen molar-refractivity contribution in [1.82, 2.24) is 40.3 Å². The minimum absolute atomic E-state index is 0.0400. The molecule has 354 valence electrons. The van der Waals surface area contributed by atoms with Crippen molar-refractivity contribution in [3.05, 3.63) is 77.2 Å². The molecule has 0 spiro atoms. The number of carbonyl (C=O) groups is 4. The topological polar surface area (TPSA) is 183 Å². The van der Waals surface area contributed by atoms with Crippen molar-refractivity contribution >= 4 is 51.1 Å². The largest absolute Gasteiger partial charge is 0.508 e. The highest BCUT2D eigenvalue weighted by atomic mass is 19.1. The van der Waals surface area contributed by atoms with Crippen LogP contribution in [0.3, 0.4) is 0 Å². The van der Waals surface area contributed by atoms with Gasteiger partial charge in [0.2, 0.25) is 11.8 Å². The zero-order valence-corrected chi connectivity index (χ0v) is 38.2. The fourth-order valence-electron chi connectivity index (χ4n) is 11.5. The van der Waals surface area contributed by atoms with Crippen molar-refractivity contribution in [1.29, 1.82) is 0 Å². The van der Waals surface area contributed by atoms with Crippen LogP contribution in [-0.4, -0.2) is 142 Å². The van der Waals surface area contributed by atoms with Crippen LogP contribution in [0.4, 0.5) is 10.2 Å². The summed E-state index contributed by atoms with van der Waals surface area (Å²) < 4.78 is 29.7. The number of ether oxygens (including phenoxy) is 2. The van der Waals surface area contributed by atoms with E-state index in [1.165, 1.54) is 0 Å². The van der Waals surface area contributed by atoms with Crippen LogP contribution >= 0.6 is 0 Å². The first-order valence-electron chi connectivity index (χ1n) is 24.3. The van der Waals surface area contributed by atoms with Gasteiger partial charge in [0, 0.05) is 69.5 Å². The smallest absolute Gasteiger partial charge is 0.319 e. The summed E-state index contributed by atoms with van der Waals surface area (Å²) in [6.45, 7) is 9.17. The number of aryl methyl sites for hydroxylation is 1. The Balaban J connectivity index is 0.707. The van der Waals surface area contributed by atoms with Crippen molar-refractivity contribution in [2.45, 2.75) is 88.9 Å². The number of fused-ring (bicyclic) bond motifs is 5. The van der Waals surface area contributed by atoms with E-state index in [2.05, 4.69) is 32.3 Å². The van der Waals surface area contributed by atoms with E-state index in [0.717, 1.165) is 112 Å². The predicted octanol–water partition coefficient (Wildman–Crippen LogP) is 5.23. The Morgan fingerprint density at radius 3 is 2.38 bits per heavy atom. The molecule has 2 bridgehead atoms. The first-order valence-corrected chi connectivity index (χ1v) is 24.3. The minimum Gasteiger partial charge on any atom is -0.508 e. The lowest BCUT2D eigenvalue weighted by molar-refractivity contribution is -0.136. The fourth-order valence-corrected chi connectivity index (χ4v) is 11.5. The lowest BCUT2D eigenvalue weighted by Gasteiger charge is -2.37. The summed E-state index contributed by atoms with van der Waals surface area (Å²) in [5.74, 6) is -1.15. The standard InChI is InChI=1S/C51H56FN9O7/c1-2-30-5-3-6-31-23-34(62)24-37(42(30)31)45-44(52)46-38(25-53-45)47(60-27-32-9-10-33(28-60)54-32)57-51(56-46)67-22-21-58-17-13-29(14-18-58)26-59-19-15-35(16-20-59)68-40-8-4-7-36-43(40)50(66)61(49(36)65)39-11-12-41(63)55-48(39)64/h3-8,23-25,29,32-33,35,39,54,62H,2,9-22,26-28H2,1H3,(H,55,63,64). The molecule has 0 saturated carbocycles. The maximum Gasteiger partial charge on any atom is 0.319 e. The average Bonchev–Trinajstić information content (AvgIpc) is 3.81. The molecule has 0 aliphatic carbocycles. The number of pyridine rings is 1. The summed E-state index contributed by atoms with van der Waals surface area (Å²) in [6.07, 6.45) is 8.29. The number of phenolic OH excluding ortho intramolecular Hbond substituents is 1. The van der Waals surface area contributed by atoms with E-state index in [9.17, 15) is 24.3 Å². The first-order chi connectivity index (χ1) is 33.1. The number of likely N-dealkylation sites (tertiary alicyclic amines) is 2. The summed E-state index contributed by atoms with van der Waals surface area (Å²) in [5.41, 5.74) is 2.24. The summed E-state index contributed by atoms with van der Waals surface area (Å²) in [4.78, 5) is 73.6. The molecule has 16 nitrogen and oxygen atoms in total. The van der Waals surface area contributed by atoms with Gasteiger partial charge >= 0.3 is 6.01 Å². The number of hydrogen-bond donors (Lipinski definition) is 3. The van der Waals surface area contributed by atoms with Crippen LogP contribution in [0.25, 0.3) is 32.9 Å². The highest BCUT2D eigenvalue weighted by Crippen LogP contribution is 2.40. The molecular formula is C51H56FN9O7. The van der Waals surface area contributed by atoms with Gasteiger partial charge < -0.3 is 29.7 Å². The molecule has 3 N–H and O–H groups in total. The molecule has 5 saturated heterocycles. The predicted molar refractivity (Wildman–Crippen MR) is 251 cm³/mol. The number of imide groups is 2. The van der Waals surface area contributed by atoms with Gasteiger partial charge in [-0.05, 0) is 111 Å². The lowest BCUT2D eigenvalue weighted by Crippen LogP contribution is -2.54. The van der Waals surface area contributed by atoms with Gasteiger partial charge in [0.25, 0.3) is 11.8 Å². The second-order valence-electron chi connectivity index (χ2n) is 19.3. The maximum absolute atomic E-state index is 17.0. The van der Waals surface area contributed by atoms with Gasteiger partial charge in [0.05, 0.1) is 16.5 Å². The number of hydrogen-bond acceptors (Lipinski definition) is 14. The van der Waals surface area contributed by atoms with E-state index in [0.29, 0.717) is 53.7 Å². The molecule has 6 aliphatic heterocycles. The Morgan fingerprint density at radius 2 is 1.62 bits per heavy atom. The maximum atomic E-state index is 17.0. The third-order valence-corrected chi connectivity index (χ3v) is 15.0. The Morgan fingerprint density at radius 1 is 0.853 bits per heavy atom. The number of phenols is 1. The van der Waals surface area contributed by atoms with Gasteiger partial charge in [-0.1, -0.05) is 31.2 Å². The average molecular weight is 926 g/mol. The molecule has 0 radical (unpaired) electrons. The highest BCUT2D eigenvalue weighted by Gasteiger charge is 2.46. The van der Waals surface area contributed by atoms with E-state index in [1.807, 2.05) is 18.2 Å². The van der Waals surface area contributed by atoms with Gasteiger partial charge in [0.1, 0.15) is 47.3 Å². The van der Waals surface area contributed by atoms with Crippen LogP contribution in [0.5, 0.6) is 17.5 Å². The molecule has 3 aromatic carbocycles. The van der Waals surface area contributed by atoms with Gasteiger partial charge in [-0.2, -0.15) is 9.97 Å². The Hall–Kier alpha value is -6.30. The molecular weight excluding hydrogens is 870 g/mol. The van der Waals surface area contributed by atoms with Crippen molar-refractivity contribution in [3.8, 4) is 28.8 Å². The van der Waals surface area contributed by atoms with Crippen molar-refractivity contribution < 1.29 is 38.1 Å². The third-order valence-electron chi connectivity index (χ3n) is 15.0. The fraction of sp³-hybridized carbons (Fsp3) is 0.471. The lowest BCUT2D eigenvalue weighted by atomic mass is 9.95. The molecule has 8 heterocycles. The van der Waals surface area contributed by atoms with Crippen LogP contribution in [-0.2, 0) is 16.0 Å². The van der Waals surface area contributed by atoms with Crippen LogP contribution in [0.15, 0.2) is 54.7 Å². The summed E-state index contributed by atoms with van der Waals surface area (Å²) in [5, 5.41) is 18.9. The number of aromatic hydroxyl groups is 1. The first kappa shape index (κ1) is 44.2. The third kappa shape index (κ3) is 8.38. The second-order valence-corrected chi connectivity index (χ2v) is 19.3. The Labute approximate surface area is 393 Å². The normalized spacial score (nSPS) is 22.9. The quantitative estimate of drug-likeness (QED) is 0.138. The molecule has 5 aromatic rings. The zero-order chi connectivity index (χ0) is 46.6. The molecule has 17 heteroatoms. The summed E-state index contributed by atoms with van der Waals surface area (Å²) >= 11 is 0. The number of nitrogens with zero attached hydrogens (tertiary/aromatic N) is 7. The minimum atomic E-state index is -1.03. The number of piperidine rings is 3. The van der Waals surface area contributed by atoms with Crippen LogP contribution in [0.1, 0.15) is 84.6 Å². The van der Waals surface area contributed by atoms with E-state index in [-0.39, 0.29) is 53.0 Å². The number of rotatable bonds is 12. The molecule has 68 heavy (non-hydrogen) atoms. The van der Waals surface area contributed by atoms with E-state index in [4.69, 9.17) is 24.4 Å².